The number of rotatable bonds is 5. The lowest BCUT2D eigenvalue weighted by Gasteiger charge is -2.21. The van der Waals surface area contributed by atoms with E-state index >= 15 is 0 Å². The third-order valence-corrected chi connectivity index (χ3v) is 4.68. The fourth-order valence-electron chi connectivity index (χ4n) is 2.57. The molecule has 0 bridgehead atoms. The molecule has 1 aliphatic rings. The molecule has 0 saturated heterocycles. The first kappa shape index (κ1) is 18.6. The monoisotopic (exact) mass is 367 g/mol. The summed E-state index contributed by atoms with van der Waals surface area (Å²) in [6.07, 6.45) is 5.31. The first-order chi connectivity index (χ1) is 12.8. The van der Waals surface area contributed by atoms with Crippen LogP contribution in [0.15, 0.2) is 35.7 Å². The molecule has 0 spiro atoms. The number of aryl methyl sites for hydroxylation is 1. The lowest BCUT2D eigenvalue weighted by atomic mass is 9.89. The zero-order chi connectivity index (χ0) is 19.6. The minimum atomic E-state index is -0.913. The Morgan fingerprint density at radius 1 is 1.26 bits per heavy atom. The van der Waals surface area contributed by atoms with Crippen LogP contribution in [-0.2, 0) is 11.2 Å². The van der Waals surface area contributed by atoms with E-state index in [9.17, 15) is 9.59 Å². The molecular weight excluding hydrogens is 346 g/mol. The van der Waals surface area contributed by atoms with Crippen molar-refractivity contribution in [2.24, 2.45) is 10.9 Å². The third-order valence-electron chi connectivity index (χ3n) is 4.68. The fraction of sp³-hybridized carbons (Fsp3) is 0.368. The Kier molecular flexibility index (Phi) is 4.98. The van der Waals surface area contributed by atoms with Crippen molar-refractivity contribution in [3.05, 3.63) is 47.5 Å². The molecule has 0 fully saturated rings. The maximum absolute atomic E-state index is 12.7. The van der Waals surface area contributed by atoms with Gasteiger partial charge >= 0.3 is 12.0 Å². The molecule has 0 aliphatic carbocycles. The van der Waals surface area contributed by atoms with Gasteiger partial charge in [0.05, 0.1) is 5.56 Å². The second-order valence-corrected chi connectivity index (χ2v) is 6.73. The SMILES string of the molecule is CCc1cnc(C2=NC(C)(C(C)C)C(=O)N2)c(C(=O)Oc2ncccn2)c1. The van der Waals surface area contributed by atoms with Crippen LogP contribution in [-0.4, -0.2) is 38.2 Å². The van der Waals surface area contributed by atoms with Crippen molar-refractivity contribution in [2.75, 3.05) is 0 Å². The van der Waals surface area contributed by atoms with Gasteiger partial charge in [0.15, 0.2) is 5.84 Å². The number of hydrogen-bond acceptors (Lipinski definition) is 7. The first-order valence-corrected chi connectivity index (χ1v) is 8.75. The highest BCUT2D eigenvalue weighted by Gasteiger charge is 2.43. The molecule has 1 aliphatic heterocycles. The molecule has 1 N–H and O–H groups in total. The number of nitrogens with zero attached hydrogens (tertiary/aromatic N) is 4. The summed E-state index contributed by atoms with van der Waals surface area (Å²) >= 11 is 0. The van der Waals surface area contributed by atoms with Gasteiger partial charge in [0.1, 0.15) is 11.2 Å². The Morgan fingerprint density at radius 3 is 2.56 bits per heavy atom. The van der Waals surface area contributed by atoms with Crippen LogP contribution >= 0.6 is 0 Å². The first-order valence-electron chi connectivity index (χ1n) is 8.75. The van der Waals surface area contributed by atoms with Gasteiger partial charge in [0.25, 0.3) is 5.91 Å². The van der Waals surface area contributed by atoms with E-state index in [1.807, 2.05) is 20.8 Å². The zero-order valence-electron chi connectivity index (χ0n) is 15.7. The number of nitrogens with one attached hydrogen (secondary N) is 1. The maximum atomic E-state index is 12.7. The van der Waals surface area contributed by atoms with Crippen molar-refractivity contribution in [3.8, 4) is 6.01 Å². The molecule has 0 radical (unpaired) electrons. The highest BCUT2D eigenvalue weighted by molar-refractivity contribution is 6.17. The number of amidine groups is 1. The van der Waals surface area contributed by atoms with E-state index in [0.717, 1.165) is 5.56 Å². The van der Waals surface area contributed by atoms with E-state index in [1.54, 1.807) is 25.3 Å². The van der Waals surface area contributed by atoms with Crippen LogP contribution in [0.2, 0.25) is 0 Å². The predicted molar refractivity (Wildman–Crippen MR) is 98.5 cm³/mol. The van der Waals surface area contributed by atoms with E-state index in [4.69, 9.17) is 4.74 Å². The molecule has 1 amide bonds. The average Bonchev–Trinajstić information content (AvgIpc) is 2.98. The van der Waals surface area contributed by atoms with Crippen molar-refractivity contribution in [2.45, 2.75) is 39.7 Å². The van der Waals surface area contributed by atoms with E-state index in [2.05, 4.69) is 25.3 Å². The summed E-state index contributed by atoms with van der Waals surface area (Å²) in [4.78, 5) is 41.8. The molecule has 2 aromatic rings. The van der Waals surface area contributed by atoms with Gasteiger partial charge in [-0.15, -0.1) is 0 Å². The molecule has 8 heteroatoms. The number of pyridine rings is 1. The van der Waals surface area contributed by atoms with Gasteiger partial charge in [-0.05, 0) is 37.0 Å². The molecule has 3 rings (SSSR count). The summed E-state index contributed by atoms with van der Waals surface area (Å²) in [6.45, 7) is 7.55. The lowest BCUT2D eigenvalue weighted by Crippen LogP contribution is -2.41. The summed E-state index contributed by atoms with van der Waals surface area (Å²) in [5, 5.41) is 2.75. The Labute approximate surface area is 157 Å². The number of aliphatic imine (C=N–C) groups is 1. The molecular formula is C19H21N5O3. The molecule has 2 aromatic heterocycles. The Balaban J connectivity index is 2.02. The van der Waals surface area contributed by atoms with Crippen LogP contribution in [0.25, 0.3) is 0 Å². The Bertz CT molecular complexity index is 911. The predicted octanol–water partition coefficient (Wildman–Crippen LogP) is 1.94. The van der Waals surface area contributed by atoms with E-state index in [1.165, 1.54) is 12.4 Å². The van der Waals surface area contributed by atoms with Crippen LogP contribution in [0, 0.1) is 5.92 Å². The number of carbonyl (C=O) groups is 2. The smallest absolute Gasteiger partial charge is 0.348 e. The highest BCUT2D eigenvalue weighted by atomic mass is 16.5. The van der Waals surface area contributed by atoms with Crippen molar-refractivity contribution in [1.82, 2.24) is 20.3 Å². The second kappa shape index (κ2) is 7.22. The van der Waals surface area contributed by atoms with E-state index in [-0.39, 0.29) is 34.9 Å². The number of amides is 1. The summed E-state index contributed by atoms with van der Waals surface area (Å²) < 4.78 is 5.26. The maximum Gasteiger partial charge on any atom is 0.348 e. The number of esters is 1. The minimum absolute atomic E-state index is 0.0157. The average molecular weight is 367 g/mol. The summed E-state index contributed by atoms with van der Waals surface area (Å²) in [7, 11) is 0. The fourth-order valence-corrected chi connectivity index (χ4v) is 2.57. The largest absolute Gasteiger partial charge is 0.387 e. The van der Waals surface area contributed by atoms with Crippen LogP contribution in [0.5, 0.6) is 6.01 Å². The molecule has 8 nitrogen and oxygen atoms in total. The lowest BCUT2D eigenvalue weighted by molar-refractivity contribution is -0.124. The van der Waals surface area contributed by atoms with Crippen molar-refractivity contribution in [1.29, 1.82) is 0 Å². The molecule has 140 valence electrons. The molecule has 0 saturated carbocycles. The van der Waals surface area contributed by atoms with Gasteiger partial charge in [-0.1, -0.05) is 20.8 Å². The summed E-state index contributed by atoms with van der Waals surface area (Å²) in [5.41, 5.74) is 0.417. The Hall–Kier alpha value is -3.16. The quantitative estimate of drug-likeness (QED) is 0.810. The standard InChI is InChI=1S/C19H21N5O3/c1-5-12-9-13(16(25)27-18-20-7-6-8-21-18)14(22-10-12)15-23-17(26)19(4,24-15)11(2)3/h6-11H,5H2,1-4H3,(H,23,24,26). The number of carbonyl (C=O) groups excluding carboxylic acids is 2. The molecule has 1 atom stereocenters. The van der Waals surface area contributed by atoms with Crippen LogP contribution < -0.4 is 10.1 Å². The van der Waals surface area contributed by atoms with Gasteiger partial charge < -0.3 is 10.1 Å². The van der Waals surface area contributed by atoms with Gasteiger partial charge in [0.2, 0.25) is 0 Å². The van der Waals surface area contributed by atoms with Crippen molar-refractivity contribution in [3.63, 3.8) is 0 Å². The van der Waals surface area contributed by atoms with Crippen molar-refractivity contribution >= 4 is 17.7 Å². The highest BCUT2D eigenvalue weighted by Crippen LogP contribution is 2.27. The van der Waals surface area contributed by atoms with Crippen LogP contribution in [0.1, 0.15) is 49.3 Å². The second-order valence-electron chi connectivity index (χ2n) is 6.73. The normalized spacial score (nSPS) is 19.0. The number of ether oxygens (including phenoxy) is 1. The topological polar surface area (TPSA) is 106 Å². The van der Waals surface area contributed by atoms with E-state index < -0.39 is 11.5 Å². The molecule has 0 aromatic carbocycles. The number of aromatic nitrogens is 3. The zero-order valence-corrected chi connectivity index (χ0v) is 15.7. The number of hydrogen-bond donors (Lipinski definition) is 1. The summed E-state index contributed by atoms with van der Waals surface area (Å²) in [5.74, 6) is -0.633. The van der Waals surface area contributed by atoms with Gasteiger partial charge in [0, 0.05) is 18.6 Å². The molecule has 27 heavy (non-hydrogen) atoms. The van der Waals surface area contributed by atoms with Gasteiger partial charge in [-0.3, -0.25) is 9.78 Å². The molecule has 1 unspecified atom stereocenters. The van der Waals surface area contributed by atoms with Crippen molar-refractivity contribution < 1.29 is 14.3 Å². The van der Waals surface area contributed by atoms with Gasteiger partial charge in [-0.25, -0.2) is 19.8 Å². The third kappa shape index (κ3) is 3.55. The molecule has 3 heterocycles. The minimum Gasteiger partial charge on any atom is -0.387 e. The van der Waals surface area contributed by atoms with Gasteiger partial charge in [-0.2, -0.15) is 0 Å². The van der Waals surface area contributed by atoms with E-state index in [0.29, 0.717) is 6.42 Å². The van der Waals surface area contributed by atoms with Crippen LogP contribution in [0.3, 0.4) is 0 Å². The Morgan fingerprint density at radius 2 is 1.96 bits per heavy atom. The summed E-state index contributed by atoms with van der Waals surface area (Å²) in [6, 6.07) is 3.25. The van der Waals surface area contributed by atoms with Crippen LogP contribution in [0.4, 0.5) is 0 Å².